The highest BCUT2D eigenvalue weighted by Gasteiger charge is 2.31. The molecule has 6 nitrogen and oxygen atoms in total. The zero-order valence-electron chi connectivity index (χ0n) is 14.8. The molecule has 0 aromatic carbocycles. The molecule has 1 aliphatic carbocycles. The van der Waals surface area contributed by atoms with Gasteiger partial charge in [-0.3, -0.25) is 4.79 Å². The fourth-order valence-electron chi connectivity index (χ4n) is 3.34. The molecule has 2 N–H and O–H groups in total. The van der Waals surface area contributed by atoms with E-state index in [9.17, 15) is 9.90 Å². The third kappa shape index (κ3) is 4.27. The maximum absolute atomic E-state index is 12.5. The summed E-state index contributed by atoms with van der Waals surface area (Å²) in [4.78, 5) is 25.4. The zero-order valence-corrected chi connectivity index (χ0v) is 15.6. The Morgan fingerprint density at radius 2 is 1.96 bits per heavy atom. The van der Waals surface area contributed by atoms with E-state index in [0.29, 0.717) is 22.3 Å². The SMILES string of the molecule is CSc1ncc2cc(C(=O)N[C@H]3CC[C@H](C(C)(C)O)CC3)cnc2n1. The lowest BCUT2D eigenvalue weighted by Gasteiger charge is -2.36. The van der Waals surface area contributed by atoms with Crippen LogP contribution in [0.2, 0.25) is 0 Å². The van der Waals surface area contributed by atoms with Crippen LogP contribution in [0.15, 0.2) is 23.6 Å². The van der Waals surface area contributed by atoms with Gasteiger partial charge in [0.25, 0.3) is 5.91 Å². The normalized spacial score (nSPS) is 21.3. The first-order chi connectivity index (χ1) is 11.9. The van der Waals surface area contributed by atoms with Crippen LogP contribution in [0.5, 0.6) is 0 Å². The van der Waals surface area contributed by atoms with Crippen LogP contribution >= 0.6 is 11.8 Å². The molecule has 0 atom stereocenters. The van der Waals surface area contributed by atoms with Crippen molar-refractivity contribution in [3.8, 4) is 0 Å². The van der Waals surface area contributed by atoms with Gasteiger partial charge < -0.3 is 10.4 Å². The number of rotatable bonds is 4. The fourth-order valence-corrected chi connectivity index (χ4v) is 3.68. The molecule has 3 rings (SSSR count). The second kappa shape index (κ2) is 7.25. The van der Waals surface area contributed by atoms with Crippen molar-refractivity contribution < 1.29 is 9.90 Å². The topological polar surface area (TPSA) is 88.0 Å². The van der Waals surface area contributed by atoms with E-state index in [-0.39, 0.29) is 11.9 Å². The van der Waals surface area contributed by atoms with Crippen molar-refractivity contribution in [2.45, 2.75) is 56.3 Å². The number of amides is 1. The van der Waals surface area contributed by atoms with E-state index in [4.69, 9.17) is 0 Å². The van der Waals surface area contributed by atoms with Crippen molar-refractivity contribution in [1.29, 1.82) is 0 Å². The van der Waals surface area contributed by atoms with Crippen LogP contribution in [0.4, 0.5) is 0 Å². The van der Waals surface area contributed by atoms with E-state index >= 15 is 0 Å². The number of nitrogens with one attached hydrogen (secondary N) is 1. The Morgan fingerprint density at radius 3 is 2.60 bits per heavy atom. The third-order valence-corrected chi connectivity index (χ3v) is 5.48. The van der Waals surface area contributed by atoms with Gasteiger partial charge in [0.15, 0.2) is 10.8 Å². The van der Waals surface area contributed by atoms with Crippen molar-refractivity contribution in [2.24, 2.45) is 5.92 Å². The highest BCUT2D eigenvalue weighted by atomic mass is 32.2. The predicted molar refractivity (Wildman–Crippen MR) is 98.6 cm³/mol. The smallest absolute Gasteiger partial charge is 0.253 e. The lowest BCUT2D eigenvalue weighted by molar-refractivity contribution is -0.00257. The van der Waals surface area contributed by atoms with Gasteiger partial charge in [-0.25, -0.2) is 15.0 Å². The molecule has 1 fully saturated rings. The first kappa shape index (κ1) is 18.1. The maximum Gasteiger partial charge on any atom is 0.253 e. The van der Waals surface area contributed by atoms with E-state index in [0.717, 1.165) is 31.1 Å². The van der Waals surface area contributed by atoms with Crippen LogP contribution in [0.3, 0.4) is 0 Å². The Labute approximate surface area is 151 Å². The van der Waals surface area contributed by atoms with Gasteiger partial charge in [0.2, 0.25) is 0 Å². The van der Waals surface area contributed by atoms with Gasteiger partial charge in [0.05, 0.1) is 11.2 Å². The van der Waals surface area contributed by atoms with Gasteiger partial charge in [-0.15, -0.1) is 0 Å². The summed E-state index contributed by atoms with van der Waals surface area (Å²) in [5, 5.41) is 14.6. The molecule has 0 bridgehead atoms. The number of aliphatic hydroxyl groups is 1. The standard InChI is InChI=1S/C18H24N4O2S/c1-18(2,24)13-4-6-14(7-5-13)21-16(23)12-8-11-9-20-17(25-3)22-15(11)19-10-12/h8-10,13-14,24H,4-7H2,1-3H3,(H,21,23)/t13-,14-. The van der Waals surface area contributed by atoms with Gasteiger partial charge in [0.1, 0.15) is 0 Å². The molecule has 1 saturated carbocycles. The van der Waals surface area contributed by atoms with Crippen molar-refractivity contribution in [1.82, 2.24) is 20.3 Å². The molecule has 7 heteroatoms. The molecular weight excluding hydrogens is 336 g/mol. The molecule has 0 unspecified atom stereocenters. The van der Waals surface area contributed by atoms with Gasteiger partial charge in [0, 0.05) is 23.8 Å². The number of carbonyl (C=O) groups is 1. The average Bonchev–Trinajstić information content (AvgIpc) is 2.60. The van der Waals surface area contributed by atoms with Crippen molar-refractivity contribution in [3.63, 3.8) is 0 Å². The van der Waals surface area contributed by atoms with Crippen molar-refractivity contribution >= 4 is 28.7 Å². The Balaban J connectivity index is 1.65. The number of hydrogen-bond acceptors (Lipinski definition) is 6. The molecule has 25 heavy (non-hydrogen) atoms. The molecule has 1 amide bonds. The quantitative estimate of drug-likeness (QED) is 0.644. The van der Waals surface area contributed by atoms with Crippen molar-refractivity contribution in [3.05, 3.63) is 24.0 Å². The van der Waals surface area contributed by atoms with Crippen LogP contribution in [0, 0.1) is 5.92 Å². The fraction of sp³-hybridized carbons (Fsp3) is 0.556. The molecule has 2 aromatic rings. The van der Waals surface area contributed by atoms with Crippen LogP contribution in [-0.4, -0.2) is 43.9 Å². The first-order valence-corrected chi connectivity index (χ1v) is 9.79. The van der Waals surface area contributed by atoms with Crippen LogP contribution < -0.4 is 5.32 Å². The zero-order chi connectivity index (χ0) is 18.0. The highest BCUT2D eigenvalue weighted by Crippen LogP contribution is 2.32. The number of pyridine rings is 1. The number of thioether (sulfide) groups is 1. The second-order valence-corrected chi connectivity index (χ2v) is 7.94. The summed E-state index contributed by atoms with van der Waals surface area (Å²) in [6.45, 7) is 3.73. The van der Waals surface area contributed by atoms with E-state index in [1.807, 2.05) is 20.1 Å². The Bertz CT molecular complexity index is 767. The molecular formula is C18H24N4O2S. The van der Waals surface area contributed by atoms with E-state index in [1.54, 1.807) is 18.5 Å². The molecule has 0 spiro atoms. The van der Waals surface area contributed by atoms with Gasteiger partial charge >= 0.3 is 0 Å². The average molecular weight is 360 g/mol. The largest absolute Gasteiger partial charge is 0.390 e. The Kier molecular flexibility index (Phi) is 5.24. The summed E-state index contributed by atoms with van der Waals surface area (Å²) in [7, 11) is 0. The molecule has 0 aliphatic heterocycles. The molecule has 0 radical (unpaired) electrons. The molecule has 2 aromatic heterocycles. The first-order valence-electron chi connectivity index (χ1n) is 8.57. The molecule has 134 valence electrons. The number of nitrogens with zero attached hydrogens (tertiary/aromatic N) is 3. The number of hydrogen-bond donors (Lipinski definition) is 2. The summed E-state index contributed by atoms with van der Waals surface area (Å²) >= 11 is 1.46. The lowest BCUT2D eigenvalue weighted by Crippen LogP contribution is -2.41. The number of aromatic nitrogens is 3. The van der Waals surface area contributed by atoms with Crippen LogP contribution in [-0.2, 0) is 0 Å². The summed E-state index contributed by atoms with van der Waals surface area (Å²) in [5.41, 5.74) is 0.478. The highest BCUT2D eigenvalue weighted by molar-refractivity contribution is 7.98. The van der Waals surface area contributed by atoms with Gasteiger partial charge in [-0.2, -0.15) is 0 Å². The summed E-state index contributed by atoms with van der Waals surface area (Å²) in [6.07, 6.45) is 8.81. The van der Waals surface area contributed by atoms with Gasteiger partial charge in [-0.05, 0) is 57.8 Å². The molecule has 0 saturated heterocycles. The minimum atomic E-state index is -0.646. The molecule has 2 heterocycles. The summed E-state index contributed by atoms with van der Waals surface area (Å²) in [6, 6.07) is 1.93. The predicted octanol–water partition coefficient (Wildman–Crippen LogP) is 2.81. The summed E-state index contributed by atoms with van der Waals surface area (Å²) in [5.74, 6) is 0.181. The monoisotopic (exact) mass is 360 g/mol. The van der Waals surface area contributed by atoms with Crippen LogP contribution in [0.1, 0.15) is 49.9 Å². The van der Waals surface area contributed by atoms with E-state index in [2.05, 4.69) is 20.3 Å². The minimum absolute atomic E-state index is 0.116. The maximum atomic E-state index is 12.5. The van der Waals surface area contributed by atoms with Gasteiger partial charge in [-0.1, -0.05) is 11.8 Å². The number of fused-ring (bicyclic) bond motifs is 1. The Hall–Kier alpha value is -1.73. The van der Waals surface area contributed by atoms with Crippen LogP contribution in [0.25, 0.3) is 11.0 Å². The van der Waals surface area contributed by atoms with Crippen molar-refractivity contribution in [2.75, 3.05) is 6.26 Å². The van der Waals surface area contributed by atoms with E-state index < -0.39 is 5.60 Å². The lowest BCUT2D eigenvalue weighted by atomic mass is 9.77. The third-order valence-electron chi connectivity index (χ3n) is 4.92. The molecule has 1 aliphatic rings. The second-order valence-electron chi connectivity index (χ2n) is 7.17. The Morgan fingerprint density at radius 1 is 1.24 bits per heavy atom. The minimum Gasteiger partial charge on any atom is -0.390 e. The number of carbonyl (C=O) groups excluding carboxylic acids is 1. The van der Waals surface area contributed by atoms with E-state index in [1.165, 1.54) is 11.8 Å². The summed E-state index contributed by atoms with van der Waals surface area (Å²) < 4.78 is 0.